The molecule has 154 valence electrons. The van der Waals surface area contributed by atoms with E-state index in [1.807, 2.05) is 20.8 Å². The van der Waals surface area contributed by atoms with E-state index < -0.39 is 22.1 Å². The Balaban J connectivity index is 1.92. The summed E-state index contributed by atoms with van der Waals surface area (Å²) in [5.41, 5.74) is -0.284. The van der Waals surface area contributed by atoms with Gasteiger partial charge in [0.15, 0.2) is 0 Å². The van der Waals surface area contributed by atoms with Gasteiger partial charge in [-0.3, -0.25) is 15.0 Å². The van der Waals surface area contributed by atoms with Gasteiger partial charge in [-0.15, -0.1) is 0 Å². The predicted molar refractivity (Wildman–Crippen MR) is 108 cm³/mol. The number of nitro groups is 1. The molecule has 9 nitrogen and oxygen atoms in total. The summed E-state index contributed by atoms with van der Waals surface area (Å²) in [6, 6.07) is 9.61. The molecule has 1 aliphatic rings. The molecule has 3 rings (SSSR count). The van der Waals surface area contributed by atoms with Crippen molar-refractivity contribution >= 4 is 34.9 Å². The third-order valence-corrected chi connectivity index (χ3v) is 4.90. The number of ether oxygens (including phenoxy) is 1. The van der Waals surface area contributed by atoms with Gasteiger partial charge < -0.3 is 15.2 Å². The SMILES string of the molecule is CC(C)(C)N(C(=O)O)C1(c2ccc(Nc3nc(Cl)ccc3[N+](=O)[O-])cc2)COC1. The van der Waals surface area contributed by atoms with Gasteiger partial charge in [0.1, 0.15) is 10.7 Å². The minimum Gasteiger partial charge on any atom is -0.465 e. The molecule has 1 aliphatic heterocycles. The van der Waals surface area contributed by atoms with Crippen molar-refractivity contribution in [2.24, 2.45) is 0 Å². The normalized spacial score (nSPS) is 15.3. The molecule has 0 spiro atoms. The number of benzene rings is 1. The lowest BCUT2D eigenvalue weighted by atomic mass is 9.83. The molecule has 0 bridgehead atoms. The maximum absolute atomic E-state index is 12.0. The van der Waals surface area contributed by atoms with Gasteiger partial charge in [-0.1, -0.05) is 23.7 Å². The molecule has 0 unspecified atom stereocenters. The third kappa shape index (κ3) is 3.96. The quantitative estimate of drug-likeness (QED) is 0.418. The monoisotopic (exact) mass is 420 g/mol. The molecule has 2 heterocycles. The Morgan fingerprint density at radius 3 is 2.34 bits per heavy atom. The first kappa shape index (κ1) is 20.8. The number of amides is 1. The Kier molecular flexibility index (Phi) is 5.38. The van der Waals surface area contributed by atoms with Crippen LogP contribution in [0.2, 0.25) is 5.15 Å². The van der Waals surface area contributed by atoms with Crippen LogP contribution in [0.3, 0.4) is 0 Å². The molecule has 2 aromatic rings. The first-order valence-electron chi connectivity index (χ1n) is 8.84. The summed E-state index contributed by atoms with van der Waals surface area (Å²) in [6.07, 6.45) is -1.03. The summed E-state index contributed by atoms with van der Waals surface area (Å²) >= 11 is 5.86. The van der Waals surface area contributed by atoms with Gasteiger partial charge in [-0.2, -0.15) is 0 Å². The molecule has 1 saturated heterocycles. The van der Waals surface area contributed by atoms with Crippen LogP contribution in [0.5, 0.6) is 0 Å². The molecule has 10 heteroatoms. The van der Waals surface area contributed by atoms with E-state index >= 15 is 0 Å². The van der Waals surface area contributed by atoms with Crippen LogP contribution in [0.4, 0.5) is 22.0 Å². The predicted octanol–water partition coefficient (Wildman–Crippen LogP) is 4.39. The van der Waals surface area contributed by atoms with E-state index in [1.54, 1.807) is 24.3 Å². The Bertz CT molecular complexity index is 939. The van der Waals surface area contributed by atoms with Crippen molar-refractivity contribution in [3.8, 4) is 0 Å². The molecule has 0 aliphatic carbocycles. The number of rotatable bonds is 5. The van der Waals surface area contributed by atoms with Crippen molar-refractivity contribution < 1.29 is 19.6 Å². The van der Waals surface area contributed by atoms with Crippen LogP contribution in [0.25, 0.3) is 0 Å². The van der Waals surface area contributed by atoms with Gasteiger partial charge in [0.05, 0.1) is 18.1 Å². The fraction of sp³-hybridized carbons (Fsp3) is 0.368. The average Bonchev–Trinajstić information content (AvgIpc) is 2.57. The van der Waals surface area contributed by atoms with Crippen LogP contribution in [0.15, 0.2) is 36.4 Å². The first-order chi connectivity index (χ1) is 13.5. The largest absolute Gasteiger partial charge is 0.465 e. The highest BCUT2D eigenvalue weighted by Gasteiger charge is 2.52. The maximum Gasteiger partial charge on any atom is 0.408 e. The van der Waals surface area contributed by atoms with Crippen molar-refractivity contribution in [3.05, 3.63) is 57.2 Å². The van der Waals surface area contributed by atoms with E-state index in [2.05, 4.69) is 10.3 Å². The zero-order valence-electron chi connectivity index (χ0n) is 16.2. The fourth-order valence-electron chi connectivity index (χ4n) is 3.50. The second-order valence-electron chi connectivity index (χ2n) is 7.77. The Morgan fingerprint density at radius 2 is 1.90 bits per heavy atom. The summed E-state index contributed by atoms with van der Waals surface area (Å²) in [6.45, 7) is 6.01. The molecular formula is C19H21ClN4O5. The van der Waals surface area contributed by atoms with Gasteiger partial charge in [0.2, 0.25) is 5.82 Å². The van der Waals surface area contributed by atoms with Gasteiger partial charge in [0.25, 0.3) is 0 Å². The molecule has 1 amide bonds. The van der Waals surface area contributed by atoms with Crippen LogP contribution < -0.4 is 5.32 Å². The fourth-order valence-corrected chi connectivity index (χ4v) is 3.65. The molecule has 1 aromatic carbocycles. The highest BCUT2D eigenvalue weighted by atomic mass is 35.5. The van der Waals surface area contributed by atoms with E-state index in [4.69, 9.17) is 16.3 Å². The highest BCUT2D eigenvalue weighted by Crippen LogP contribution is 2.41. The second-order valence-corrected chi connectivity index (χ2v) is 8.16. The number of carboxylic acid groups (broad SMARTS) is 1. The van der Waals surface area contributed by atoms with Crippen LogP contribution in [0, 0.1) is 10.1 Å². The Morgan fingerprint density at radius 1 is 1.28 bits per heavy atom. The topological polar surface area (TPSA) is 118 Å². The number of nitrogens with zero attached hydrogens (tertiary/aromatic N) is 3. The summed E-state index contributed by atoms with van der Waals surface area (Å²) < 4.78 is 5.38. The van der Waals surface area contributed by atoms with Crippen LogP contribution in [-0.2, 0) is 10.3 Å². The van der Waals surface area contributed by atoms with Gasteiger partial charge >= 0.3 is 11.8 Å². The first-order valence-corrected chi connectivity index (χ1v) is 9.22. The number of aromatic nitrogens is 1. The lowest BCUT2D eigenvalue weighted by Gasteiger charge is -2.53. The number of anilines is 2. The molecule has 1 aromatic heterocycles. The number of hydrogen-bond acceptors (Lipinski definition) is 6. The van der Waals surface area contributed by atoms with Crippen molar-refractivity contribution in [1.82, 2.24) is 9.88 Å². The van der Waals surface area contributed by atoms with Crippen molar-refractivity contribution in [3.63, 3.8) is 0 Å². The van der Waals surface area contributed by atoms with Crippen LogP contribution in [-0.4, -0.2) is 44.8 Å². The maximum atomic E-state index is 12.0. The summed E-state index contributed by atoms with van der Waals surface area (Å²) in [4.78, 5) is 28.0. The van der Waals surface area contributed by atoms with E-state index in [1.165, 1.54) is 17.0 Å². The number of halogens is 1. The standard InChI is InChI=1S/C19H21ClN4O5/c1-18(2,3)23(17(25)26)19(10-29-11-19)12-4-6-13(7-5-12)21-16-14(24(27)28)8-9-15(20)22-16/h4-9H,10-11H2,1-3H3,(H,21,22)(H,25,26). The lowest BCUT2D eigenvalue weighted by molar-refractivity contribution is -0.384. The number of carbonyl (C=O) groups is 1. The van der Waals surface area contributed by atoms with Gasteiger partial charge in [-0.25, -0.2) is 9.78 Å². The van der Waals surface area contributed by atoms with Crippen molar-refractivity contribution in [2.45, 2.75) is 31.8 Å². The number of hydrogen-bond donors (Lipinski definition) is 2. The smallest absolute Gasteiger partial charge is 0.408 e. The molecule has 0 atom stereocenters. The van der Waals surface area contributed by atoms with E-state index in [0.717, 1.165) is 5.56 Å². The molecule has 0 saturated carbocycles. The summed E-state index contributed by atoms with van der Waals surface area (Å²) in [7, 11) is 0. The number of nitrogens with one attached hydrogen (secondary N) is 1. The van der Waals surface area contributed by atoms with Crippen LogP contribution >= 0.6 is 11.6 Å². The number of pyridine rings is 1. The minimum absolute atomic E-state index is 0.0267. The van der Waals surface area contributed by atoms with Gasteiger partial charge in [-0.05, 0) is 44.5 Å². The van der Waals surface area contributed by atoms with Crippen LogP contribution in [0.1, 0.15) is 26.3 Å². The minimum atomic E-state index is -1.03. The molecular weight excluding hydrogens is 400 g/mol. The van der Waals surface area contributed by atoms with Crippen molar-refractivity contribution in [2.75, 3.05) is 18.5 Å². The highest BCUT2D eigenvalue weighted by molar-refractivity contribution is 6.29. The second kappa shape index (κ2) is 7.49. The zero-order valence-corrected chi connectivity index (χ0v) is 16.9. The van der Waals surface area contributed by atoms with E-state index in [-0.39, 0.29) is 29.9 Å². The molecule has 1 fully saturated rings. The van der Waals surface area contributed by atoms with Gasteiger partial charge in [0, 0.05) is 17.3 Å². The molecule has 29 heavy (non-hydrogen) atoms. The summed E-state index contributed by atoms with van der Waals surface area (Å²) in [5, 5.41) is 24.0. The summed E-state index contributed by atoms with van der Waals surface area (Å²) in [5.74, 6) is 0.0267. The van der Waals surface area contributed by atoms with E-state index in [0.29, 0.717) is 5.69 Å². The zero-order chi connectivity index (χ0) is 21.4. The third-order valence-electron chi connectivity index (χ3n) is 4.69. The van der Waals surface area contributed by atoms with Crippen molar-refractivity contribution in [1.29, 1.82) is 0 Å². The average molecular weight is 421 g/mol. The molecule has 0 radical (unpaired) electrons. The Hall–Kier alpha value is -2.91. The Labute approximate surface area is 172 Å². The van der Waals surface area contributed by atoms with E-state index in [9.17, 15) is 20.0 Å². The lowest BCUT2D eigenvalue weighted by Crippen LogP contribution is -2.66. The molecule has 2 N–H and O–H groups in total.